The number of aromatic nitrogens is 4. The van der Waals surface area contributed by atoms with E-state index in [4.69, 9.17) is 26.1 Å². The maximum Gasteiger partial charge on any atom is 0.237 e. The van der Waals surface area contributed by atoms with Gasteiger partial charge in [-0.2, -0.15) is 0 Å². The lowest BCUT2D eigenvalue weighted by molar-refractivity contribution is 0.133. The molecule has 152 valence electrons. The van der Waals surface area contributed by atoms with E-state index in [1.165, 1.54) is 5.56 Å². The molecule has 0 N–H and O–H groups in total. The molecule has 0 amide bonds. The van der Waals surface area contributed by atoms with Gasteiger partial charge < -0.3 is 19.3 Å². The fourth-order valence-corrected chi connectivity index (χ4v) is 4.51. The standard InChI is InChI=1S/C21H19ClN6O2/c22-21-25-17-12-29-11-15(17)19(26-21)27-5-3-16-13(10-27)8-14(9-24-16)28-6-7-30-20-18(28)2-1-4-23-20/h1-2,4,8-9H,3,5-7,10-12H2. The van der Waals surface area contributed by atoms with Crippen LogP contribution in [0.5, 0.6) is 5.88 Å². The predicted octanol–water partition coefficient (Wildman–Crippen LogP) is 3.04. The van der Waals surface area contributed by atoms with Crippen LogP contribution in [0.2, 0.25) is 5.28 Å². The second-order valence-electron chi connectivity index (χ2n) is 7.53. The number of hydrogen-bond donors (Lipinski definition) is 0. The Morgan fingerprint density at radius 1 is 1.07 bits per heavy atom. The lowest BCUT2D eigenvalue weighted by Gasteiger charge is -2.33. The van der Waals surface area contributed by atoms with Crippen LogP contribution in [0.3, 0.4) is 0 Å². The average Bonchev–Trinajstić information content (AvgIpc) is 3.26. The van der Waals surface area contributed by atoms with Gasteiger partial charge in [0, 0.05) is 37.0 Å². The third kappa shape index (κ3) is 2.95. The molecule has 6 heterocycles. The van der Waals surface area contributed by atoms with Crippen molar-refractivity contribution in [2.75, 3.05) is 29.5 Å². The zero-order valence-electron chi connectivity index (χ0n) is 16.2. The van der Waals surface area contributed by atoms with E-state index < -0.39 is 0 Å². The predicted molar refractivity (Wildman–Crippen MR) is 111 cm³/mol. The molecule has 0 fully saturated rings. The molecule has 0 saturated heterocycles. The molecule has 0 atom stereocenters. The van der Waals surface area contributed by atoms with E-state index in [1.807, 2.05) is 18.3 Å². The molecule has 3 aliphatic heterocycles. The Morgan fingerprint density at radius 2 is 2.03 bits per heavy atom. The summed E-state index contributed by atoms with van der Waals surface area (Å²) < 4.78 is 11.3. The van der Waals surface area contributed by atoms with Gasteiger partial charge >= 0.3 is 0 Å². The number of rotatable bonds is 2. The summed E-state index contributed by atoms with van der Waals surface area (Å²) in [5.74, 6) is 1.54. The molecule has 0 unspecified atom stereocenters. The van der Waals surface area contributed by atoms with Crippen LogP contribution in [-0.4, -0.2) is 39.6 Å². The summed E-state index contributed by atoms with van der Waals surface area (Å²) in [6.45, 7) is 3.93. The number of pyridine rings is 2. The largest absolute Gasteiger partial charge is 0.474 e. The minimum Gasteiger partial charge on any atom is -0.474 e. The second kappa shape index (κ2) is 7.07. The average molecular weight is 423 g/mol. The Balaban J connectivity index is 1.34. The Morgan fingerprint density at radius 3 is 3.00 bits per heavy atom. The molecule has 6 rings (SSSR count). The van der Waals surface area contributed by atoms with Crippen LogP contribution in [0.15, 0.2) is 30.6 Å². The number of anilines is 3. The highest BCUT2D eigenvalue weighted by atomic mass is 35.5. The fourth-order valence-electron chi connectivity index (χ4n) is 4.33. The molecule has 0 aliphatic carbocycles. The molecule has 8 nitrogen and oxygen atoms in total. The number of fused-ring (bicyclic) bond motifs is 3. The summed E-state index contributed by atoms with van der Waals surface area (Å²) >= 11 is 6.18. The van der Waals surface area contributed by atoms with Crippen molar-refractivity contribution < 1.29 is 9.47 Å². The fraction of sp³-hybridized carbons (Fsp3) is 0.333. The van der Waals surface area contributed by atoms with Gasteiger partial charge in [0.1, 0.15) is 18.1 Å². The molecule has 0 aromatic carbocycles. The summed E-state index contributed by atoms with van der Waals surface area (Å²) in [4.78, 5) is 22.4. The highest BCUT2D eigenvalue weighted by molar-refractivity contribution is 6.28. The Bertz CT molecular complexity index is 1140. The van der Waals surface area contributed by atoms with Gasteiger partial charge in [-0.3, -0.25) is 4.98 Å². The SMILES string of the molecule is Clc1nc2c(c(N3CCc4ncc(N5CCOc6ncccc65)cc4C3)n1)COC2. The van der Waals surface area contributed by atoms with Gasteiger partial charge in [0.05, 0.1) is 37.3 Å². The van der Waals surface area contributed by atoms with E-state index in [1.54, 1.807) is 6.20 Å². The highest BCUT2D eigenvalue weighted by Gasteiger charge is 2.27. The van der Waals surface area contributed by atoms with Crippen molar-refractivity contribution in [2.45, 2.75) is 26.2 Å². The van der Waals surface area contributed by atoms with Crippen LogP contribution in [-0.2, 0) is 30.9 Å². The van der Waals surface area contributed by atoms with Gasteiger partial charge in [0.2, 0.25) is 11.2 Å². The Labute approximate surface area is 178 Å². The molecular formula is C21H19ClN6O2. The zero-order valence-corrected chi connectivity index (χ0v) is 17.0. The first-order valence-corrected chi connectivity index (χ1v) is 10.4. The van der Waals surface area contributed by atoms with Crippen LogP contribution < -0.4 is 14.5 Å². The highest BCUT2D eigenvalue weighted by Crippen LogP contribution is 2.36. The first kappa shape index (κ1) is 17.9. The van der Waals surface area contributed by atoms with Crippen LogP contribution in [0.1, 0.15) is 22.5 Å². The number of nitrogens with zero attached hydrogens (tertiary/aromatic N) is 6. The molecule has 0 saturated carbocycles. The lowest BCUT2D eigenvalue weighted by Crippen LogP contribution is -2.33. The summed E-state index contributed by atoms with van der Waals surface area (Å²) in [6.07, 6.45) is 4.55. The van der Waals surface area contributed by atoms with E-state index in [-0.39, 0.29) is 5.28 Å². The minimum absolute atomic E-state index is 0.268. The first-order valence-electron chi connectivity index (χ1n) is 9.97. The van der Waals surface area contributed by atoms with Gasteiger partial charge in [-0.05, 0) is 35.4 Å². The zero-order chi connectivity index (χ0) is 20.1. The third-order valence-corrected chi connectivity index (χ3v) is 5.93. The molecule has 0 spiro atoms. The van der Waals surface area contributed by atoms with Crippen LogP contribution in [0.4, 0.5) is 17.2 Å². The molecule has 3 aromatic rings. The third-order valence-electron chi connectivity index (χ3n) is 5.76. The van der Waals surface area contributed by atoms with Crippen LogP contribution in [0, 0.1) is 0 Å². The van der Waals surface area contributed by atoms with E-state index in [9.17, 15) is 0 Å². The number of hydrogen-bond acceptors (Lipinski definition) is 8. The van der Waals surface area contributed by atoms with Crippen molar-refractivity contribution in [1.29, 1.82) is 0 Å². The van der Waals surface area contributed by atoms with Crippen LogP contribution in [0.25, 0.3) is 0 Å². The minimum atomic E-state index is 0.268. The maximum atomic E-state index is 6.18. The molecule has 30 heavy (non-hydrogen) atoms. The van der Waals surface area contributed by atoms with E-state index >= 15 is 0 Å². The molecule has 3 aromatic heterocycles. The molecule has 9 heteroatoms. The lowest BCUT2D eigenvalue weighted by atomic mass is 10.0. The molecular weight excluding hydrogens is 404 g/mol. The smallest absolute Gasteiger partial charge is 0.237 e. The van der Waals surface area contributed by atoms with Crippen molar-refractivity contribution in [1.82, 2.24) is 19.9 Å². The Kier molecular flexibility index (Phi) is 4.21. The molecule has 0 radical (unpaired) electrons. The van der Waals surface area contributed by atoms with Gasteiger partial charge in [-0.15, -0.1) is 0 Å². The monoisotopic (exact) mass is 422 g/mol. The maximum absolute atomic E-state index is 6.18. The van der Waals surface area contributed by atoms with Crippen molar-refractivity contribution in [2.24, 2.45) is 0 Å². The molecule has 0 bridgehead atoms. The van der Waals surface area contributed by atoms with E-state index in [0.717, 1.165) is 60.2 Å². The van der Waals surface area contributed by atoms with Crippen LogP contribution >= 0.6 is 11.6 Å². The van der Waals surface area contributed by atoms with Gasteiger partial charge in [-0.25, -0.2) is 15.0 Å². The summed E-state index contributed by atoms with van der Waals surface area (Å²) in [6, 6.07) is 6.17. The number of ether oxygens (including phenoxy) is 2. The van der Waals surface area contributed by atoms with Crippen molar-refractivity contribution in [3.05, 3.63) is 58.4 Å². The van der Waals surface area contributed by atoms with Gasteiger partial charge in [0.15, 0.2) is 0 Å². The van der Waals surface area contributed by atoms with E-state index in [2.05, 4.69) is 30.8 Å². The van der Waals surface area contributed by atoms with E-state index in [0.29, 0.717) is 25.7 Å². The van der Waals surface area contributed by atoms with Crippen molar-refractivity contribution in [3.63, 3.8) is 0 Å². The topological polar surface area (TPSA) is 76.5 Å². The van der Waals surface area contributed by atoms with Gasteiger partial charge in [-0.1, -0.05) is 0 Å². The summed E-state index contributed by atoms with van der Waals surface area (Å²) in [5.41, 5.74) is 6.26. The quantitative estimate of drug-likeness (QED) is 0.583. The van der Waals surface area contributed by atoms with Crippen molar-refractivity contribution in [3.8, 4) is 5.88 Å². The number of halogens is 1. The normalized spacial score (nSPS) is 17.2. The first-order chi connectivity index (χ1) is 14.8. The summed E-state index contributed by atoms with van der Waals surface area (Å²) in [5, 5.41) is 0.268. The Hall–Kier alpha value is -2.97. The second-order valence-corrected chi connectivity index (χ2v) is 7.87. The van der Waals surface area contributed by atoms with Crippen molar-refractivity contribution >= 4 is 28.8 Å². The molecule has 3 aliphatic rings. The summed E-state index contributed by atoms with van der Waals surface area (Å²) in [7, 11) is 0. The van der Waals surface area contributed by atoms with Gasteiger partial charge in [0.25, 0.3) is 0 Å².